The normalized spacial score (nSPS) is 11.4. The van der Waals surface area contributed by atoms with E-state index in [0.717, 1.165) is 38.3 Å². The first-order valence-corrected chi connectivity index (χ1v) is 11.1. The van der Waals surface area contributed by atoms with Crippen molar-refractivity contribution in [3.63, 3.8) is 0 Å². The molecule has 0 atom stereocenters. The number of methoxy groups -OCH3 is 4. The SMILES string of the molecule is COc1cc2cc3c4cc(OC)c(OC)cc4cc[n+]3c(/C=C/c3cccc(O)c3)c2cc1OC. The lowest BCUT2D eigenvalue weighted by Crippen LogP contribution is -2.26. The summed E-state index contributed by atoms with van der Waals surface area (Å²) in [4.78, 5) is 0. The zero-order valence-electron chi connectivity index (χ0n) is 20.0. The molecule has 6 nitrogen and oxygen atoms in total. The number of fused-ring (bicyclic) bond motifs is 4. The molecule has 0 spiro atoms. The molecule has 5 rings (SSSR count). The summed E-state index contributed by atoms with van der Waals surface area (Å²) in [5.74, 6) is 2.88. The molecule has 0 aliphatic rings. The number of aromatic hydroxyl groups is 1. The van der Waals surface area contributed by atoms with Crippen LogP contribution >= 0.6 is 0 Å². The van der Waals surface area contributed by atoms with Gasteiger partial charge in [-0.25, -0.2) is 0 Å². The number of phenols is 1. The highest BCUT2D eigenvalue weighted by Gasteiger charge is 2.20. The van der Waals surface area contributed by atoms with E-state index in [-0.39, 0.29) is 5.75 Å². The van der Waals surface area contributed by atoms with Crippen molar-refractivity contribution in [1.29, 1.82) is 0 Å². The fourth-order valence-electron chi connectivity index (χ4n) is 4.46. The second-order valence-electron chi connectivity index (χ2n) is 8.12. The zero-order valence-corrected chi connectivity index (χ0v) is 20.0. The monoisotopic (exact) mass is 468 g/mol. The summed E-state index contributed by atoms with van der Waals surface area (Å²) < 4.78 is 24.4. The largest absolute Gasteiger partial charge is 0.508 e. The van der Waals surface area contributed by atoms with Gasteiger partial charge >= 0.3 is 0 Å². The zero-order chi connectivity index (χ0) is 24.5. The smallest absolute Gasteiger partial charge is 0.219 e. The van der Waals surface area contributed by atoms with E-state index in [9.17, 15) is 5.11 Å². The molecule has 0 bridgehead atoms. The number of hydrogen-bond donors (Lipinski definition) is 1. The molecule has 176 valence electrons. The third kappa shape index (κ3) is 3.93. The fourth-order valence-corrected chi connectivity index (χ4v) is 4.46. The van der Waals surface area contributed by atoms with Crippen LogP contribution in [0.3, 0.4) is 0 Å². The molecule has 3 aromatic carbocycles. The first-order valence-electron chi connectivity index (χ1n) is 11.1. The van der Waals surface area contributed by atoms with E-state index < -0.39 is 0 Å². The van der Waals surface area contributed by atoms with Gasteiger partial charge in [0, 0.05) is 18.2 Å². The molecule has 2 heterocycles. The summed E-state index contributed by atoms with van der Waals surface area (Å²) in [5.41, 5.74) is 2.85. The number of benzene rings is 3. The van der Waals surface area contributed by atoms with Crippen LogP contribution in [0.5, 0.6) is 28.7 Å². The van der Waals surface area contributed by atoms with Gasteiger partial charge in [0.2, 0.25) is 11.2 Å². The number of rotatable bonds is 6. The Morgan fingerprint density at radius 3 is 1.94 bits per heavy atom. The van der Waals surface area contributed by atoms with Gasteiger partial charge in [-0.3, -0.25) is 0 Å². The van der Waals surface area contributed by atoms with E-state index in [1.54, 1.807) is 40.6 Å². The number of hydrogen-bond acceptors (Lipinski definition) is 5. The lowest BCUT2D eigenvalue weighted by Gasteiger charge is -2.12. The molecule has 0 radical (unpaired) electrons. The number of nitrogens with zero attached hydrogens (tertiary/aromatic N) is 1. The Morgan fingerprint density at radius 1 is 0.657 bits per heavy atom. The Balaban J connectivity index is 1.87. The molecule has 0 saturated heterocycles. The summed E-state index contributed by atoms with van der Waals surface area (Å²) in [6.45, 7) is 0. The summed E-state index contributed by atoms with van der Waals surface area (Å²) in [7, 11) is 6.54. The average Bonchev–Trinajstić information content (AvgIpc) is 2.89. The minimum Gasteiger partial charge on any atom is -0.508 e. The predicted octanol–water partition coefficient (Wildman–Crippen LogP) is 5.64. The maximum Gasteiger partial charge on any atom is 0.219 e. The van der Waals surface area contributed by atoms with Crippen LogP contribution in [0, 0.1) is 0 Å². The van der Waals surface area contributed by atoms with Crippen molar-refractivity contribution < 1.29 is 28.5 Å². The van der Waals surface area contributed by atoms with Crippen molar-refractivity contribution in [3.05, 3.63) is 78.1 Å². The minimum atomic E-state index is 0.223. The van der Waals surface area contributed by atoms with Crippen LogP contribution < -0.4 is 23.3 Å². The quantitative estimate of drug-likeness (QED) is 0.198. The van der Waals surface area contributed by atoms with E-state index in [0.29, 0.717) is 23.0 Å². The second kappa shape index (κ2) is 9.06. The van der Waals surface area contributed by atoms with E-state index in [1.807, 2.05) is 54.7 Å². The first kappa shape index (κ1) is 22.3. The van der Waals surface area contributed by atoms with Gasteiger partial charge in [0.25, 0.3) is 0 Å². The van der Waals surface area contributed by atoms with Crippen LogP contribution in [0.15, 0.2) is 66.9 Å². The summed E-state index contributed by atoms with van der Waals surface area (Å²) in [6.07, 6.45) is 6.07. The number of aromatic nitrogens is 1. The van der Waals surface area contributed by atoms with E-state index in [4.69, 9.17) is 18.9 Å². The van der Waals surface area contributed by atoms with Gasteiger partial charge in [-0.2, -0.15) is 4.40 Å². The number of phenolic OH excluding ortho intramolecular Hbond substituents is 1. The first-order chi connectivity index (χ1) is 17.1. The van der Waals surface area contributed by atoms with Gasteiger partial charge in [-0.15, -0.1) is 0 Å². The Hall–Kier alpha value is -4.45. The maximum absolute atomic E-state index is 9.90. The van der Waals surface area contributed by atoms with Crippen LogP contribution in [-0.2, 0) is 0 Å². The van der Waals surface area contributed by atoms with Gasteiger partial charge in [-0.1, -0.05) is 12.1 Å². The molecule has 6 heteroatoms. The summed E-state index contributed by atoms with van der Waals surface area (Å²) in [6, 6.07) is 19.3. The van der Waals surface area contributed by atoms with Gasteiger partial charge in [-0.05, 0) is 58.8 Å². The Labute approximate surface area is 203 Å². The van der Waals surface area contributed by atoms with Crippen molar-refractivity contribution in [2.45, 2.75) is 0 Å². The topological polar surface area (TPSA) is 61.2 Å². The molecule has 35 heavy (non-hydrogen) atoms. The van der Waals surface area contributed by atoms with Crippen LogP contribution in [0.1, 0.15) is 11.3 Å². The van der Waals surface area contributed by atoms with Crippen molar-refractivity contribution in [2.24, 2.45) is 0 Å². The van der Waals surface area contributed by atoms with Gasteiger partial charge in [0.05, 0.1) is 39.2 Å². The van der Waals surface area contributed by atoms with Gasteiger partial charge in [0.15, 0.2) is 29.2 Å². The van der Waals surface area contributed by atoms with E-state index in [1.165, 1.54) is 0 Å². The molecular formula is C29H26NO5+. The van der Waals surface area contributed by atoms with Crippen molar-refractivity contribution in [3.8, 4) is 28.7 Å². The summed E-state index contributed by atoms with van der Waals surface area (Å²) in [5, 5.41) is 14.0. The predicted molar refractivity (Wildman–Crippen MR) is 138 cm³/mol. The number of pyridine rings is 2. The third-order valence-electron chi connectivity index (χ3n) is 6.18. The summed E-state index contributed by atoms with van der Waals surface area (Å²) >= 11 is 0. The van der Waals surface area contributed by atoms with E-state index in [2.05, 4.69) is 16.5 Å². The van der Waals surface area contributed by atoms with Crippen molar-refractivity contribution in [1.82, 2.24) is 0 Å². The molecule has 1 N–H and O–H groups in total. The molecule has 0 saturated carbocycles. The lowest BCUT2D eigenvalue weighted by molar-refractivity contribution is -0.511. The average molecular weight is 469 g/mol. The Kier molecular flexibility index (Phi) is 5.79. The third-order valence-corrected chi connectivity index (χ3v) is 6.18. The molecule has 0 amide bonds. The van der Waals surface area contributed by atoms with Crippen LogP contribution in [0.4, 0.5) is 0 Å². The van der Waals surface area contributed by atoms with Crippen molar-refractivity contribution in [2.75, 3.05) is 28.4 Å². The molecular weight excluding hydrogens is 442 g/mol. The fraction of sp³-hybridized carbons (Fsp3) is 0.138. The second-order valence-corrected chi connectivity index (χ2v) is 8.12. The Morgan fingerprint density at radius 2 is 1.29 bits per heavy atom. The molecule has 2 aromatic heterocycles. The lowest BCUT2D eigenvalue weighted by atomic mass is 10.0. The van der Waals surface area contributed by atoms with Crippen LogP contribution in [0.2, 0.25) is 0 Å². The van der Waals surface area contributed by atoms with Gasteiger partial charge < -0.3 is 24.1 Å². The molecule has 0 aliphatic carbocycles. The van der Waals surface area contributed by atoms with Gasteiger partial charge in [0.1, 0.15) is 5.75 Å². The van der Waals surface area contributed by atoms with Crippen molar-refractivity contribution >= 4 is 39.2 Å². The Bertz CT molecular complexity index is 1610. The molecule has 0 fully saturated rings. The highest BCUT2D eigenvalue weighted by atomic mass is 16.5. The highest BCUT2D eigenvalue weighted by molar-refractivity contribution is 6.01. The molecule has 0 aliphatic heterocycles. The standard InChI is InChI=1S/C29H25NO5/c1-32-26-14-19-10-11-30-24(9-8-18-6-5-7-21(31)12-18)23-17-29(35-4)27(33-2)15-20(23)13-25(30)22(19)16-28(26)34-3/h5-17H,1-4H3/p+1/b9-8+. The van der Waals surface area contributed by atoms with Crippen LogP contribution in [-0.4, -0.2) is 33.5 Å². The number of ether oxygens (including phenoxy) is 4. The molecule has 5 aromatic rings. The maximum atomic E-state index is 9.90. The van der Waals surface area contributed by atoms with Crippen LogP contribution in [0.25, 0.3) is 39.2 Å². The molecule has 0 unspecified atom stereocenters. The van der Waals surface area contributed by atoms with E-state index >= 15 is 0 Å². The minimum absolute atomic E-state index is 0.223. The highest BCUT2D eigenvalue weighted by Crippen LogP contribution is 2.37.